The molecule has 0 saturated carbocycles. The van der Waals surface area contributed by atoms with Gasteiger partial charge in [0.2, 0.25) is 0 Å². The summed E-state index contributed by atoms with van der Waals surface area (Å²) in [5.74, 6) is 0.725. The summed E-state index contributed by atoms with van der Waals surface area (Å²) in [5.41, 5.74) is 2.80. The molecule has 1 aromatic carbocycles. The average Bonchev–Trinajstić information content (AvgIpc) is 2.23. The van der Waals surface area contributed by atoms with E-state index in [1.54, 1.807) is 0 Å². The molecule has 0 amide bonds. The van der Waals surface area contributed by atoms with Crippen LogP contribution in [0.5, 0.6) is 0 Å². The van der Waals surface area contributed by atoms with E-state index in [1.165, 1.54) is 17.5 Å². The van der Waals surface area contributed by atoms with Crippen LogP contribution in [-0.2, 0) is 11.2 Å². The highest BCUT2D eigenvalue weighted by atomic mass is 16.5. The van der Waals surface area contributed by atoms with E-state index in [0.29, 0.717) is 12.1 Å². The lowest BCUT2D eigenvalue weighted by Gasteiger charge is -2.30. The van der Waals surface area contributed by atoms with Gasteiger partial charge in [0.25, 0.3) is 0 Å². The molecule has 1 unspecified atom stereocenters. The zero-order valence-electron chi connectivity index (χ0n) is 11.1. The van der Waals surface area contributed by atoms with E-state index < -0.39 is 0 Å². The van der Waals surface area contributed by atoms with Crippen LogP contribution in [0.2, 0.25) is 0 Å². The van der Waals surface area contributed by atoms with E-state index in [1.807, 2.05) is 0 Å². The monoisotopic (exact) mass is 233 g/mol. The first kappa shape index (κ1) is 12.6. The van der Waals surface area contributed by atoms with Crippen molar-refractivity contribution in [2.75, 3.05) is 13.2 Å². The van der Waals surface area contributed by atoms with E-state index in [0.717, 1.165) is 19.1 Å². The van der Waals surface area contributed by atoms with E-state index in [9.17, 15) is 0 Å². The summed E-state index contributed by atoms with van der Waals surface area (Å²) in [6.45, 7) is 8.45. The Hall–Kier alpha value is -0.860. The second-order valence-electron chi connectivity index (χ2n) is 5.46. The summed E-state index contributed by atoms with van der Waals surface area (Å²) < 4.78 is 5.17. The molecule has 2 nitrogen and oxygen atoms in total. The van der Waals surface area contributed by atoms with Gasteiger partial charge in [0.1, 0.15) is 0 Å². The van der Waals surface area contributed by atoms with Gasteiger partial charge in [0.15, 0.2) is 0 Å². The summed E-state index contributed by atoms with van der Waals surface area (Å²) in [7, 11) is 0. The third-order valence-corrected chi connectivity index (χ3v) is 3.25. The minimum absolute atomic E-state index is 0.414. The fourth-order valence-electron chi connectivity index (χ4n) is 2.20. The normalized spacial score (nSPS) is 18.1. The van der Waals surface area contributed by atoms with Crippen molar-refractivity contribution in [3.8, 4) is 0 Å². The summed E-state index contributed by atoms with van der Waals surface area (Å²) in [6.07, 6.45) is 1.17. The van der Waals surface area contributed by atoms with Crippen LogP contribution in [0.1, 0.15) is 37.9 Å². The lowest BCUT2D eigenvalue weighted by Crippen LogP contribution is -2.46. The van der Waals surface area contributed by atoms with Gasteiger partial charge in [-0.15, -0.1) is 0 Å². The summed E-state index contributed by atoms with van der Waals surface area (Å²) in [4.78, 5) is 0. The van der Waals surface area contributed by atoms with E-state index in [2.05, 4.69) is 50.4 Å². The molecule has 1 saturated heterocycles. The minimum Gasteiger partial charge on any atom is -0.378 e. The Kier molecular flexibility index (Phi) is 4.19. The third-order valence-electron chi connectivity index (χ3n) is 3.25. The lowest BCUT2D eigenvalue weighted by atomic mass is 9.99. The molecule has 1 atom stereocenters. The second-order valence-corrected chi connectivity index (χ2v) is 5.46. The lowest BCUT2D eigenvalue weighted by molar-refractivity contribution is -0.00925. The number of nitrogens with one attached hydrogen (secondary N) is 1. The van der Waals surface area contributed by atoms with Crippen LogP contribution >= 0.6 is 0 Å². The number of rotatable bonds is 5. The molecule has 1 aromatic rings. The third kappa shape index (κ3) is 3.55. The van der Waals surface area contributed by atoms with Crippen LogP contribution in [0.25, 0.3) is 0 Å². The first-order valence-electron chi connectivity index (χ1n) is 6.58. The van der Waals surface area contributed by atoms with Gasteiger partial charge in [-0.1, -0.05) is 38.1 Å². The van der Waals surface area contributed by atoms with Crippen LogP contribution in [0, 0.1) is 5.92 Å². The van der Waals surface area contributed by atoms with Crippen LogP contribution in [0.3, 0.4) is 0 Å². The molecule has 0 aromatic heterocycles. The van der Waals surface area contributed by atoms with E-state index in [-0.39, 0.29) is 0 Å². The fraction of sp³-hybridized carbons (Fsp3) is 0.600. The summed E-state index contributed by atoms with van der Waals surface area (Å²) in [6, 6.07) is 9.96. The molecular weight excluding hydrogens is 210 g/mol. The van der Waals surface area contributed by atoms with Crippen molar-refractivity contribution in [3.63, 3.8) is 0 Å². The van der Waals surface area contributed by atoms with Crippen molar-refractivity contribution in [2.24, 2.45) is 5.92 Å². The molecule has 1 N–H and O–H groups in total. The highest BCUT2D eigenvalue weighted by Gasteiger charge is 2.20. The molecule has 17 heavy (non-hydrogen) atoms. The molecule has 94 valence electrons. The molecule has 2 heteroatoms. The van der Waals surface area contributed by atoms with Gasteiger partial charge in [-0.25, -0.2) is 0 Å². The van der Waals surface area contributed by atoms with Crippen LogP contribution in [-0.4, -0.2) is 19.3 Å². The van der Waals surface area contributed by atoms with Crippen molar-refractivity contribution in [1.29, 1.82) is 0 Å². The van der Waals surface area contributed by atoms with Crippen molar-refractivity contribution < 1.29 is 4.74 Å². The van der Waals surface area contributed by atoms with Gasteiger partial charge < -0.3 is 10.1 Å². The summed E-state index contributed by atoms with van der Waals surface area (Å²) in [5, 5.41) is 3.57. The molecule has 0 radical (unpaired) electrons. The van der Waals surface area contributed by atoms with Crippen LogP contribution in [0.4, 0.5) is 0 Å². The van der Waals surface area contributed by atoms with Gasteiger partial charge in [0.05, 0.1) is 19.3 Å². The SMILES string of the molecule is CC(C)Cc1ccc(C(C)NC2COC2)cc1. The maximum absolute atomic E-state index is 5.17. The number of ether oxygens (including phenoxy) is 1. The standard InChI is InChI=1S/C15H23NO/c1-11(2)8-13-4-6-14(7-5-13)12(3)16-15-9-17-10-15/h4-7,11-12,15-16H,8-10H2,1-3H3. The topological polar surface area (TPSA) is 21.3 Å². The predicted molar refractivity (Wildman–Crippen MR) is 71.1 cm³/mol. The quantitative estimate of drug-likeness (QED) is 0.844. The van der Waals surface area contributed by atoms with Gasteiger partial charge in [-0.2, -0.15) is 0 Å². The second kappa shape index (κ2) is 5.65. The number of hydrogen-bond acceptors (Lipinski definition) is 2. The minimum atomic E-state index is 0.414. The van der Waals surface area contributed by atoms with Crippen molar-refractivity contribution in [2.45, 2.75) is 39.3 Å². The maximum atomic E-state index is 5.17. The van der Waals surface area contributed by atoms with Crippen molar-refractivity contribution >= 4 is 0 Å². The smallest absolute Gasteiger partial charge is 0.0643 e. The Morgan fingerprint density at radius 2 is 1.82 bits per heavy atom. The first-order chi connectivity index (χ1) is 8.15. The first-order valence-corrected chi connectivity index (χ1v) is 6.58. The molecule has 1 heterocycles. The van der Waals surface area contributed by atoms with Crippen molar-refractivity contribution in [3.05, 3.63) is 35.4 Å². The van der Waals surface area contributed by atoms with Crippen molar-refractivity contribution in [1.82, 2.24) is 5.32 Å². The molecule has 1 fully saturated rings. The molecule has 2 rings (SSSR count). The van der Waals surface area contributed by atoms with Gasteiger partial charge in [-0.3, -0.25) is 0 Å². The largest absolute Gasteiger partial charge is 0.378 e. The fourth-order valence-corrected chi connectivity index (χ4v) is 2.20. The van der Waals surface area contributed by atoms with Crippen LogP contribution in [0.15, 0.2) is 24.3 Å². The zero-order chi connectivity index (χ0) is 12.3. The molecule has 1 aliphatic rings. The maximum Gasteiger partial charge on any atom is 0.0643 e. The average molecular weight is 233 g/mol. The van der Waals surface area contributed by atoms with Crippen LogP contribution < -0.4 is 5.32 Å². The van der Waals surface area contributed by atoms with Gasteiger partial charge in [-0.05, 0) is 30.4 Å². The highest BCUT2D eigenvalue weighted by molar-refractivity contribution is 5.25. The Labute approximate surface area is 104 Å². The Morgan fingerprint density at radius 1 is 1.18 bits per heavy atom. The molecule has 0 spiro atoms. The Morgan fingerprint density at radius 3 is 2.29 bits per heavy atom. The van der Waals surface area contributed by atoms with Gasteiger partial charge >= 0.3 is 0 Å². The molecular formula is C15H23NO. The summed E-state index contributed by atoms with van der Waals surface area (Å²) >= 11 is 0. The molecule has 1 aliphatic heterocycles. The molecule has 0 bridgehead atoms. The Bertz CT molecular complexity index is 340. The van der Waals surface area contributed by atoms with Gasteiger partial charge in [0, 0.05) is 6.04 Å². The van der Waals surface area contributed by atoms with E-state index in [4.69, 9.17) is 4.74 Å². The molecule has 0 aliphatic carbocycles. The van der Waals surface area contributed by atoms with E-state index >= 15 is 0 Å². The Balaban J connectivity index is 1.91. The number of hydrogen-bond donors (Lipinski definition) is 1. The predicted octanol–water partition coefficient (Wildman–Crippen LogP) is 2.93. The highest BCUT2D eigenvalue weighted by Crippen LogP contribution is 2.17. The zero-order valence-corrected chi connectivity index (χ0v) is 11.1. The number of benzene rings is 1.